The van der Waals surface area contributed by atoms with E-state index in [-0.39, 0.29) is 12.1 Å². The molecular formula is C23H23N5O6. The first-order valence-corrected chi connectivity index (χ1v) is 11.0. The number of anilines is 2. The first kappa shape index (κ1) is 21.7. The minimum atomic E-state index is -1.63. The van der Waals surface area contributed by atoms with Crippen molar-refractivity contribution in [2.45, 2.75) is 19.4 Å². The summed E-state index contributed by atoms with van der Waals surface area (Å²) in [5, 5.41) is 15.9. The molecule has 1 spiro atoms. The lowest BCUT2D eigenvalue weighted by molar-refractivity contribution is -0.384. The van der Waals surface area contributed by atoms with Gasteiger partial charge in [0.2, 0.25) is 11.8 Å². The Morgan fingerprint density at radius 2 is 1.82 bits per heavy atom. The smallest absolute Gasteiger partial charge is 0.328 e. The number of carbonyl (C=O) groups excluding carboxylic acids is 3. The van der Waals surface area contributed by atoms with Crippen molar-refractivity contribution in [1.29, 1.82) is 0 Å². The van der Waals surface area contributed by atoms with Gasteiger partial charge < -0.3 is 14.5 Å². The lowest BCUT2D eigenvalue weighted by Gasteiger charge is -2.54. The van der Waals surface area contributed by atoms with Gasteiger partial charge in [-0.15, -0.1) is 0 Å². The van der Waals surface area contributed by atoms with Gasteiger partial charge in [-0.2, -0.15) is 0 Å². The first-order valence-electron chi connectivity index (χ1n) is 11.0. The van der Waals surface area contributed by atoms with Gasteiger partial charge in [0.25, 0.3) is 5.69 Å². The number of nitro benzene ring substituents is 1. The summed E-state index contributed by atoms with van der Waals surface area (Å²) in [6.07, 6.45) is -0.0585. The molecule has 3 aliphatic rings. The van der Waals surface area contributed by atoms with E-state index in [1.165, 1.54) is 12.1 Å². The Morgan fingerprint density at radius 1 is 1.09 bits per heavy atom. The zero-order valence-electron chi connectivity index (χ0n) is 18.4. The molecule has 2 saturated heterocycles. The predicted octanol–water partition coefficient (Wildman–Crippen LogP) is 1.60. The number of hydrogen-bond donors (Lipinski definition) is 2. The van der Waals surface area contributed by atoms with Crippen LogP contribution in [0, 0.1) is 15.5 Å². The van der Waals surface area contributed by atoms with Gasteiger partial charge in [0, 0.05) is 43.9 Å². The van der Waals surface area contributed by atoms with Gasteiger partial charge in [-0.1, -0.05) is 12.1 Å². The van der Waals surface area contributed by atoms with Crippen molar-refractivity contribution in [3.8, 4) is 5.75 Å². The number of para-hydroxylation sites is 2. The molecule has 1 atom stereocenters. The molecule has 3 heterocycles. The SMILES string of the molecule is CCOc1ccccc1N1CCN2c3ccc([N+](=O)[O-])cc3CC3(C(=O)NC(=O)NC3=O)[C@H]2C1. The van der Waals surface area contributed by atoms with Gasteiger partial charge in [0.15, 0.2) is 5.41 Å². The second-order valence-corrected chi connectivity index (χ2v) is 8.51. The van der Waals surface area contributed by atoms with Crippen LogP contribution in [0.2, 0.25) is 0 Å². The number of amides is 4. The maximum Gasteiger partial charge on any atom is 0.328 e. The van der Waals surface area contributed by atoms with E-state index >= 15 is 0 Å². The third-order valence-corrected chi connectivity index (χ3v) is 6.77. The number of barbiturate groups is 1. The molecule has 2 aromatic rings. The lowest BCUT2D eigenvalue weighted by Crippen LogP contribution is -2.74. The quantitative estimate of drug-likeness (QED) is 0.395. The Balaban J connectivity index is 1.61. The fraction of sp³-hybridized carbons (Fsp3) is 0.348. The number of non-ortho nitro benzene ring substituents is 1. The van der Waals surface area contributed by atoms with E-state index in [4.69, 9.17) is 4.74 Å². The molecule has 2 N–H and O–H groups in total. The zero-order valence-corrected chi connectivity index (χ0v) is 18.4. The van der Waals surface area contributed by atoms with E-state index in [1.807, 2.05) is 36.1 Å². The van der Waals surface area contributed by atoms with Crippen LogP contribution in [0.4, 0.5) is 21.9 Å². The minimum absolute atomic E-state index is 0.0585. The fourth-order valence-electron chi connectivity index (χ4n) is 5.26. The molecule has 4 amide bonds. The van der Waals surface area contributed by atoms with Crippen LogP contribution in [0.5, 0.6) is 5.75 Å². The zero-order chi connectivity index (χ0) is 24.0. The number of fused-ring (bicyclic) bond motifs is 4. The number of ether oxygens (including phenoxy) is 1. The van der Waals surface area contributed by atoms with E-state index < -0.39 is 34.2 Å². The molecule has 0 bridgehead atoms. The standard InChI is InChI=1S/C23H23N5O6/c1-2-34-18-6-4-3-5-17(18)26-9-10-27-16-8-7-15(28(32)33)11-14(16)12-23(19(27)13-26)20(29)24-22(31)25-21(23)30/h3-8,11,19H,2,9-10,12-13H2,1H3,(H2,24,25,29,30,31)/t19-/m1/s1. The number of imide groups is 2. The van der Waals surface area contributed by atoms with E-state index in [0.29, 0.717) is 37.6 Å². The van der Waals surface area contributed by atoms with Gasteiger partial charge in [-0.25, -0.2) is 4.79 Å². The molecule has 5 rings (SSSR count). The summed E-state index contributed by atoms with van der Waals surface area (Å²) in [6, 6.07) is 10.6. The first-order chi connectivity index (χ1) is 16.3. The van der Waals surface area contributed by atoms with Crippen molar-refractivity contribution in [3.63, 3.8) is 0 Å². The Hall–Kier alpha value is -4.15. The molecule has 0 radical (unpaired) electrons. The number of benzene rings is 2. The molecule has 0 aromatic heterocycles. The molecule has 11 nitrogen and oxygen atoms in total. The Kier molecular flexibility index (Phi) is 5.11. The van der Waals surface area contributed by atoms with Crippen molar-refractivity contribution < 1.29 is 24.0 Å². The summed E-state index contributed by atoms with van der Waals surface area (Å²) in [5.41, 5.74) is 0.366. The van der Waals surface area contributed by atoms with Gasteiger partial charge >= 0.3 is 6.03 Å². The maximum atomic E-state index is 13.3. The summed E-state index contributed by atoms with van der Waals surface area (Å²) >= 11 is 0. The minimum Gasteiger partial charge on any atom is -0.492 e. The number of urea groups is 1. The molecule has 176 valence electrons. The van der Waals surface area contributed by atoms with Gasteiger partial charge in [-0.05, 0) is 30.7 Å². The average Bonchev–Trinajstić information content (AvgIpc) is 2.82. The van der Waals surface area contributed by atoms with E-state index in [0.717, 1.165) is 11.4 Å². The molecule has 2 aromatic carbocycles. The normalized spacial score (nSPS) is 20.9. The third-order valence-electron chi connectivity index (χ3n) is 6.77. The van der Waals surface area contributed by atoms with Crippen molar-refractivity contribution in [1.82, 2.24) is 10.6 Å². The fourth-order valence-corrected chi connectivity index (χ4v) is 5.26. The molecule has 0 saturated carbocycles. The van der Waals surface area contributed by atoms with Crippen LogP contribution in [0.15, 0.2) is 42.5 Å². The van der Waals surface area contributed by atoms with Crippen LogP contribution < -0.4 is 25.2 Å². The molecule has 11 heteroatoms. The number of nitro groups is 1. The summed E-state index contributed by atoms with van der Waals surface area (Å²) < 4.78 is 5.79. The highest BCUT2D eigenvalue weighted by atomic mass is 16.6. The average molecular weight is 465 g/mol. The number of carbonyl (C=O) groups is 3. The van der Waals surface area contributed by atoms with Gasteiger partial charge in [-0.3, -0.25) is 30.3 Å². The van der Waals surface area contributed by atoms with Crippen LogP contribution in [0.1, 0.15) is 12.5 Å². The second kappa shape index (κ2) is 8.01. The van der Waals surface area contributed by atoms with E-state index in [2.05, 4.69) is 15.5 Å². The molecule has 0 unspecified atom stereocenters. The van der Waals surface area contributed by atoms with Crippen molar-refractivity contribution in [2.24, 2.45) is 5.41 Å². The van der Waals surface area contributed by atoms with Crippen molar-refractivity contribution in [3.05, 3.63) is 58.1 Å². The number of hydrogen-bond acceptors (Lipinski definition) is 8. The molecule has 3 aliphatic heterocycles. The Labute approximate surface area is 194 Å². The Bertz CT molecular complexity index is 1190. The number of nitrogens with one attached hydrogen (secondary N) is 2. The monoisotopic (exact) mass is 465 g/mol. The highest BCUT2D eigenvalue weighted by molar-refractivity contribution is 6.20. The molecular weight excluding hydrogens is 442 g/mol. The van der Waals surface area contributed by atoms with Crippen molar-refractivity contribution in [2.75, 3.05) is 36.0 Å². The van der Waals surface area contributed by atoms with E-state index in [1.54, 1.807) is 6.07 Å². The van der Waals surface area contributed by atoms with Gasteiger partial charge in [0.05, 0.1) is 23.3 Å². The molecule has 2 fully saturated rings. The maximum absolute atomic E-state index is 13.3. The third kappa shape index (κ3) is 3.23. The summed E-state index contributed by atoms with van der Waals surface area (Å²) in [5.74, 6) is -0.700. The molecule has 0 aliphatic carbocycles. The second-order valence-electron chi connectivity index (χ2n) is 8.51. The van der Waals surface area contributed by atoms with E-state index in [9.17, 15) is 24.5 Å². The van der Waals surface area contributed by atoms with Crippen LogP contribution in [-0.4, -0.2) is 55.1 Å². The topological polar surface area (TPSA) is 134 Å². The number of nitrogens with zero attached hydrogens (tertiary/aromatic N) is 3. The lowest BCUT2D eigenvalue weighted by atomic mass is 9.68. The van der Waals surface area contributed by atoms with Gasteiger partial charge in [0.1, 0.15) is 5.75 Å². The largest absolute Gasteiger partial charge is 0.492 e. The summed E-state index contributed by atoms with van der Waals surface area (Å²) in [7, 11) is 0. The van der Waals surface area contributed by atoms with Crippen LogP contribution in [0.25, 0.3) is 0 Å². The highest BCUT2D eigenvalue weighted by Crippen LogP contribution is 2.46. The summed E-state index contributed by atoms with van der Waals surface area (Å²) in [4.78, 5) is 53.3. The van der Waals surface area contributed by atoms with Crippen molar-refractivity contribution >= 4 is 34.9 Å². The van der Waals surface area contributed by atoms with Crippen LogP contribution in [0.3, 0.4) is 0 Å². The Morgan fingerprint density at radius 3 is 2.53 bits per heavy atom. The number of rotatable bonds is 4. The molecule has 34 heavy (non-hydrogen) atoms. The predicted molar refractivity (Wildman–Crippen MR) is 122 cm³/mol. The number of piperazine rings is 1. The summed E-state index contributed by atoms with van der Waals surface area (Å²) in [6.45, 7) is 3.75. The highest BCUT2D eigenvalue weighted by Gasteiger charge is 2.61. The van der Waals surface area contributed by atoms with Crippen LogP contribution in [-0.2, 0) is 16.0 Å². The van der Waals surface area contributed by atoms with Crippen LogP contribution >= 0.6 is 0 Å².